The fourth-order valence-electron chi connectivity index (χ4n) is 1.80. The zero-order valence-corrected chi connectivity index (χ0v) is 11.0. The summed E-state index contributed by atoms with van der Waals surface area (Å²) in [4.78, 5) is 1.35. The summed E-state index contributed by atoms with van der Waals surface area (Å²) in [6, 6.07) is 12.6. The second kappa shape index (κ2) is 5.84. The maximum Gasteiger partial charge on any atom is 0.123 e. The monoisotopic (exact) mass is 247 g/mol. The van der Waals surface area contributed by atoms with Crippen LogP contribution in [0.25, 0.3) is 0 Å². The van der Waals surface area contributed by atoms with E-state index in [0.29, 0.717) is 0 Å². The normalized spacial score (nSPS) is 12.4. The lowest BCUT2D eigenvalue weighted by molar-refractivity contribution is 0.401. The number of hydrogen-bond donors (Lipinski definition) is 1. The van der Waals surface area contributed by atoms with Crippen LogP contribution in [0.5, 0.6) is 5.75 Å². The molecule has 90 valence electrons. The molecule has 2 nitrogen and oxygen atoms in total. The molecule has 17 heavy (non-hydrogen) atoms. The predicted molar refractivity (Wildman–Crippen MR) is 72.6 cm³/mol. The minimum absolute atomic E-state index is 0.285. The molecule has 0 aliphatic rings. The lowest BCUT2D eigenvalue weighted by Crippen LogP contribution is -2.18. The highest BCUT2D eigenvalue weighted by molar-refractivity contribution is 7.09. The highest BCUT2D eigenvalue weighted by atomic mass is 32.1. The summed E-state index contributed by atoms with van der Waals surface area (Å²) in [6.07, 6.45) is 0. The molecule has 1 aromatic carbocycles. The van der Waals surface area contributed by atoms with Gasteiger partial charge in [0.05, 0.1) is 7.11 Å². The zero-order valence-electron chi connectivity index (χ0n) is 10.1. The Morgan fingerprint density at radius 1 is 1.24 bits per heavy atom. The molecule has 1 atom stereocenters. The number of rotatable bonds is 5. The van der Waals surface area contributed by atoms with Gasteiger partial charge in [0, 0.05) is 23.0 Å². The quantitative estimate of drug-likeness (QED) is 0.871. The van der Waals surface area contributed by atoms with Gasteiger partial charge in [-0.2, -0.15) is 0 Å². The standard InChI is InChI=1S/C14H17NOS/c1-11(15-10-12-6-5-9-17-12)13-7-3-4-8-14(13)16-2/h3-9,11,15H,10H2,1-2H3/t11-/m0/s1. The number of methoxy groups -OCH3 is 1. The summed E-state index contributed by atoms with van der Waals surface area (Å²) < 4.78 is 5.37. The number of nitrogens with one attached hydrogen (secondary N) is 1. The Bertz CT molecular complexity index is 453. The summed E-state index contributed by atoms with van der Waals surface area (Å²) in [5, 5.41) is 5.61. The van der Waals surface area contributed by atoms with E-state index in [1.807, 2.05) is 18.2 Å². The van der Waals surface area contributed by atoms with Gasteiger partial charge in [0.1, 0.15) is 5.75 Å². The largest absolute Gasteiger partial charge is 0.496 e. The third-order valence-electron chi connectivity index (χ3n) is 2.77. The van der Waals surface area contributed by atoms with Crippen LogP contribution in [-0.4, -0.2) is 7.11 Å². The molecular formula is C14H17NOS. The molecule has 0 unspecified atom stereocenters. The van der Waals surface area contributed by atoms with E-state index in [9.17, 15) is 0 Å². The molecule has 2 rings (SSSR count). The van der Waals surface area contributed by atoms with Crippen molar-refractivity contribution in [2.75, 3.05) is 7.11 Å². The average molecular weight is 247 g/mol. The summed E-state index contributed by atoms with van der Waals surface area (Å²) in [5.41, 5.74) is 1.20. The Kier molecular flexibility index (Phi) is 4.18. The van der Waals surface area contributed by atoms with E-state index in [1.165, 1.54) is 10.4 Å². The van der Waals surface area contributed by atoms with E-state index in [1.54, 1.807) is 18.4 Å². The van der Waals surface area contributed by atoms with Gasteiger partial charge in [0.2, 0.25) is 0 Å². The Hall–Kier alpha value is -1.32. The molecule has 0 bridgehead atoms. The number of para-hydroxylation sites is 1. The molecule has 0 saturated heterocycles. The lowest BCUT2D eigenvalue weighted by Gasteiger charge is -2.16. The van der Waals surface area contributed by atoms with Crippen LogP contribution in [0, 0.1) is 0 Å². The van der Waals surface area contributed by atoms with Crippen LogP contribution in [-0.2, 0) is 6.54 Å². The molecule has 0 spiro atoms. The van der Waals surface area contributed by atoms with Crippen molar-refractivity contribution in [2.45, 2.75) is 19.5 Å². The third kappa shape index (κ3) is 3.08. The van der Waals surface area contributed by atoms with Gasteiger partial charge in [0.15, 0.2) is 0 Å². The molecule has 1 N–H and O–H groups in total. The first-order valence-electron chi connectivity index (χ1n) is 5.70. The lowest BCUT2D eigenvalue weighted by atomic mass is 10.1. The first-order chi connectivity index (χ1) is 8.31. The SMILES string of the molecule is COc1ccccc1[C@H](C)NCc1cccs1. The number of ether oxygens (including phenoxy) is 1. The van der Waals surface area contributed by atoms with Gasteiger partial charge in [-0.25, -0.2) is 0 Å². The molecule has 0 aliphatic carbocycles. The first kappa shape index (κ1) is 12.1. The van der Waals surface area contributed by atoms with Crippen LogP contribution in [0.2, 0.25) is 0 Å². The van der Waals surface area contributed by atoms with Crippen LogP contribution in [0.15, 0.2) is 41.8 Å². The number of thiophene rings is 1. The number of hydrogen-bond acceptors (Lipinski definition) is 3. The summed E-state index contributed by atoms with van der Waals surface area (Å²) in [5.74, 6) is 0.943. The van der Waals surface area contributed by atoms with Crippen molar-refractivity contribution in [1.82, 2.24) is 5.32 Å². The van der Waals surface area contributed by atoms with E-state index >= 15 is 0 Å². The Labute approximate surface area is 106 Å². The van der Waals surface area contributed by atoms with Crippen LogP contribution in [0.4, 0.5) is 0 Å². The molecule has 0 radical (unpaired) electrons. The summed E-state index contributed by atoms with van der Waals surface area (Å²) in [6.45, 7) is 3.06. The van der Waals surface area contributed by atoms with Gasteiger partial charge in [-0.3, -0.25) is 0 Å². The highest BCUT2D eigenvalue weighted by Crippen LogP contribution is 2.24. The second-order valence-electron chi connectivity index (χ2n) is 3.92. The summed E-state index contributed by atoms with van der Waals surface area (Å²) in [7, 11) is 1.71. The van der Waals surface area contributed by atoms with Crippen molar-refractivity contribution in [1.29, 1.82) is 0 Å². The Morgan fingerprint density at radius 2 is 2.06 bits per heavy atom. The van der Waals surface area contributed by atoms with Crippen molar-refractivity contribution >= 4 is 11.3 Å². The fourth-order valence-corrected chi connectivity index (χ4v) is 2.46. The van der Waals surface area contributed by atoms with E-state index in [-0.39, 0.29) is 6.04 Å². The molecule has 3 heteroatoms. The fraction of sp³-hybridized carbons (Fsp3) is 0.286. The van der Waals surface area contributed by atoms with E-state index < -0.39 is 0 Å². The van der Waals surface area contributed by atoms with Crippen molar-refractivity contribution in [3.63, 3.8) is 0 Å². The Morgan fingerprint density at radius 3 is 2.76 bits per heavy atom. The van der Waals surface area contributed by atoms with Crippen LogP contribution < -0.4 is 10.1 Å². The van der Waals surface area contributed by atoms with Gasteiger partial charge in [0.25, 0.3) is 0 Å². The highest BCUT2D eigenvalue weighted by Gasteiger charge is 2.09. The minimum Gasteiger partial charge on any atom is -0.496 e. The second-order valence-corrected chi connectivity index (χ2v) is 4.96. The molecule has 2 aromatic rings. The zero-order chi connectivity index (χ0) is 12.1. The van der Waals surface area contributed by atoms with Gasteiger partial charge in [-0.1, -0.05) is 24.3 Å². The molecule has 1 heterocycles. The van der Waals surface area contributed by atoms with Crippen LogP contribution >= 0.6 is 11.3 Å². The van der Waals surface area contributed by atoms with Gasteiger partial charge >= 0.3 is 0 Å². The van der Waals surface area contributed by atoms with E-state index in [0.717, 1.165) is 12.3 Å². The van der Waals surface area contributed by atoms with Crippen molar-refractivity contribution in [3.05, 3.63) is 52.2 Å². The molecule has 0 aliphatic heterocycles. The maximum atomic E-state index is 5.37. The van der Waals surface area contributed by atoms with Crippen molar-refractivity contribution < 1.29 is 4.74 Å². The first-order valence-corrected chi connectivity index (χ1v) is 6.58. The molecular weight excluding hydrogens is 230 g/mol. The van der Waals surface area contributed by atoms with Crippen LogP contribution in [0.3, 0.4) is 0 Å². The minimum atomic E-state index is 0.285. The van der Waals surface area contributed by atoms with Gasteiger partial charge < -0.3 is 10.1 Å². The van der Waals surface area contributed by atoms with Crippen LogP contribution in [0.1, 0.15) is 23.4 Å². The van der Waals surface area contributed by atoms with E-state index in [4.69, 9.17) is 4.74 Å². The van der Waals surface area contributed by atoms with Gasteiger partial charge in [-0.15, -0.1) is 11.3 Å². The van der Waals surface area contributed by atoms with Crippen molar-refractivity contribution in [2.24, 2.45) is 0 Å². The molecule has 0 saturated carbocycles. The van der Waals surface area contributed by atoms with Gasteiger partial charge in [-0.05, 0) is 24.4 Å². The summed E-state index contributed by atoms with van der Waals surface area (Å²) >= 11 is 1.78. The smallest absolute Gasteiger partial charge is 0.123 e. The molecule has 0 fully saturated rings. The molecule has 0 amide bonds. The maximum absolute atomic E-state index is 5.37. The van der Waals surface area contributed by atoms with E-state index in [2.05, 4.69) is 35.8 Å². The average Bonchev–Trinajstić information content (AvgIpc) is 2.89. The van der Waals surface area contributed by atoms with Crippen molar-refractivity contribution in [3.8, 4) is 5.75 Å². The third-order valence-corrected chi connectivity index (χ3v) is 3.64. The topological polar surface area (TPSA) is 21.3 Å². The predicted octanol–water partition coefficient (Wildman–Crippen LogP) is 3.61. The molecule has 1 aromatic heterocycles. The Balaban J connectivity index is 2.01. The number of benzene rings is 1.